The van der Waals surface area contributed by atoms with Gasteiger partial charge in [0.1, 0.15) is 29.1 Å². The Morgan fingerprint density at radius 3 is 2.53 bits per heavy atom. The molecule has 1 atom stereocenters. The number of carbonyl (C=O) groups is 1. The number of hydrogen-bond donors (Lipinski definition) is 2. The van der Waals surface area contributed by atoms with Gasteiger partial charge in [-0.15, -0.1) is 0 Å². The van der Waals surface area contributed by atoms with Gasteiger partial charge in [-0.05, 0) is 54.4 Å². The predicted octanol–water partition coefficient (Wildman–Crippen LogP) is 6.21. The van der Waals surface area contributed by atoms with Crippen LogP contribution in [-0.4, -0.2) is 22.1 Å². The number of nitriles is 1. The molecule has 5 aromatic rings. The van der Waals surface area contributed by atoms with Gasteiger partial charge in [-0.25, -0.2) is 9.37 Å². The average molecular weight is 451 g/mol. The van der Waals surface area contributed by atoms with Gasteiger partial charge in [0.25, 0.3) is 0 Å². The van der Waals surface area contributed by atoms with Crippen LogP contribution in [0.1, 0.15) is 12.5 Å². The van der Waals surface area contributed by atoms with Crippen LogP contribution in [0.15, 0.2) is 77.4 Å². The Hall–Kier alpha value is -4.70. The molecule has 0 fully saturated rings. The Labute approximate surface area is 193 Å². The van der Waals surface area contributed by atoms with Gasteiger partial charge < -0.3 is 14.8 Å². The number of benzene rings is 3. The monoisotopic (exact) mass is 451 g/mol. The molecule has 2 heterocycles. The molecule has 1 unspecified atom stereocenters. The Bertz CT molecular complexity index is 1600. The highest BCUT2D eigenvalue weighted by molar-refractivity contribution is 5.99. The molecular weight excluding hydrogens is 433 g/mol. The second-order valence-corrected chi connectivity index (χ2v) is 7.94. The maximum Gasteiger partial charge on any atom is 0.325 e. The fourth-order valence-electron chi connectivity index (χ4n) is 3.95. The number of aromatic nitrogens is 1. The zero-order valence-electron chi connectivity index (χ0n) is 18.0. The first-order chi connectivity index (χ1) is 16.4. The number of carboxylic acids is 1. The van der Waals surface area contributed by atoms with Crippen molar-refractivity contribution in [2.45, 2.75) is 13.0 Å². The van der Waals surface area contributed by atoms with Crippen LogP contribution < -0.4 is 5.32 Å². The molecule has 0 radical (unpaired) electrons. The summed E-state index contributed by atoms with van der Waals surface area (Å²) in [6.45, 7) is 1.46. The summed E-state index contributed by atoms with van der Waals surface area (Å²) in [5.74, 6) is -1.60. The van der Waals surface area contributed by atoms with Crippen molar-refractivity contribution in [3.63, 3.8) is 0 Å². The molecule has 0 aliphatic rings. The first-order valence-electron chi connectivity index (χ1n) is 10.6. The van der Waals surface area contributed by atoms with Gasteiger partial charge >= 0.3 is 5.97 Å². The van der Waals surface area contributed by atoms with Crippen molar-refractivity contribution >= 4 is 33.5 Å². The maximum absolute atomic E-state index is 14.0. The lowest BCUT2D eigenvalue weighted by Crippen LogP contribution is -2.26. The van der Waals surface area contributed by atoms with Gasteiger partial charge in [0.2, 0.25) is 0 Å². The summed E-state index contributed by atoms with van der Waals surface area (Å²) < 4.78 is 19.4. The number of nitrogens with zero attached hydrogens (tertiary/aromatic N) is 2. The molecule has 0 saturated carbocycles. The van der Waals surface area contributed by atoms with Gasteiger partial charge in [0, 0.05) is 16.3 Å². The number of furan rings is 1. The number of halogens is 1. The molecule has 2 N–H and O–H groups in total. The first kappa shape index (κ1) is 21.2. The van der Waals surface area contributed by atoms with E-state index in [9.17, 15) is 19.6 Å². The van der Waals surface area contributed by atoms with Crippen molar-refractivity contribution in [1.82, 2.24) is 4.98 Å². The standard InChI is InChI=1S/C27H18FN3O3/c1-15(27(32)33)30-26-21-13-20(28)7-8-23(21)31-25(22(26)14-29)17-4-2-16(3-5-17)18-6-9-24-19(12-18)10-11-34-24/h2-13,15H,1H3,(H,30,31)(H,32,33). The van der Waals surface area contributed by atoms with Crippen molar-refractivity contribution in [3.8, 4) is 28.5 Å². The molecule has 0 bridgehead atoms. The quantitative estimate of drug-likeness (QED) is 0.330. The van der Waals surface area contributed by atoms with Crippen LogP contribution in [0.25, 0.3) is 44.3 Å². The average Bonchev–Trinajstić information content (AvgIpc) is 3.32. The third-order valence-corrected chi connectivity index (χ3v) is 5.73. The molecule has 0 spiro atoms. The van der Waals surface area contributed by atoms with E-state index in [4.69, 9.17) is 4.42 Å². The Morgan fingerprint density at radius 1 is 1.06 bits per heavy atom. The number of aliphatic carboxylic acids is 1. The normalized spacial score (nSPS) is 11.9. The first-order valence-corrected chi connectivity index (χ1v) is 10.6. The van der Waals surface area contributed by atoms with Crippen molar-refractivity contribution in [2.24, 2.45) is 0 Å². The van der Waals surface area contributed by atoms with Gasteiger partial charge in [0.15, 0.2) is 0 Å². The molecule has 34 heavy (non-hydrogen) atoms. The fraction of sp³-hybridized carbons (Fsp3) is 0.0741. The lowest BCUT2D eigenvalue weighted by atomic mass is 9.98. The topological polar surface area (TPSA) is 99.2 Å². The Balaban J connectivity index is 1.63. The van der Waals surface area contributed by atoms with E-state index >= 15 is 0 Å². The van der Waals surface area contributed by atoms with Gasteiger partial charge in [-0.3, -0.25) is 4.79 Å². The molecule has 0 saturated heterocycles. The predicted molar refractivity (Wildman–Crippen MR) is 128 cm³/mol. The molecule has 166 valence electrons. The van der Waals surface area contributed by atoms with E-state index in [-0.39, 0.29) is 11.3 Å². The molecule has 0 amide bonds. The number of hydrogen-bond acceptors (Lipinski definition) is 5. The largest absolute Gasteiger partial charge is 0.480 e. The van der Waals surface area contributed by atoms with Gasteiger partial charge in [-0.1, -0.05) is 30.3 Å². The summed E-state index contributed by atoms with van der Waals surface area (Å²) >= 11 is 0. The third kappa shape index (κ3) is 3.71. The minimum atomic E-state index is -1.09. The Morgan fingerprint density at radius 2 is 1.79 bits per heavy atom. The number of anilines is 1. The molecule has 0 aliphatic carbocycles. The lowest BCUT2D eigenvalue weighted by molar-refractivity contribution is -0.137. The molecule has 0 aliphatic heterocycles. The van der Waals surface area contributed by atoms with Crippen LogP contribution >= 0.6 is 0 Å². The van der Waals surface area contributed by atoms with E-state index < -0.39 is 17.8 Å². The smallest absolute Gasteiger partial charge is 0.325 e. The summed E-state index contributed by atoms with van der Waals surface area (Å²) in [5, 5.41) is 23.5. The number of fused-ring (bicyclic) bond motifs is 2. The molecule has 2 aromatic heterocycles. The summed E-state index contributed by atoms with van der Waals surface area (Å²) in [6, 6.07) is 20.6. The highest BCUT2D eigenvalue weighted by Gasteiger charge is 2.21. The Kier molecular flexibility index (Phi) is 5.19. The van der Waals surface area contributed by atoms with Crippen LogP contribution in [0.4, 0.5) is 10.1 Å². The van der Waals surface area contributed by atoms with E-state index in [0.29, 0.717) is 22.2 Å². The second-order valence-electron chi connectivity index (χ2n) is 7.94. The van der Waals surface area contributed by atoms with Crippen LogP contribution in [0, 0.1) is 17.1 Å². The zero-order valence-corrected chi connectivity index (χ0v) is 18.0. The fourth-order valence-corrected chi connectivity index (χ4v) is 3.95. The highest BCUT2D eigenvalue weighted by atomic mass is 19.1. The number of carboxylic acid groups (broad SMARTS) is 1. The summed E-state index contributed by atoms with van der Waals surface area (Å²) in [5.41, 5.74) is 4.72. The third-order valence-electron chi connectivity index (χ3n) is 5.73. The maximum atomic E-state index is 14.0. The second kappa shape index (κ2) is 8.34. The number of pyridine rings is 1. The molecule has 7 heteroatoms. The van der Waals surface area contributed by atoms with Crippen molar-refractivity contribution in [2.75, 3.05) is 5.32 Å². The number of rotatable bonds is 5. The van der Waals surface area contributed by atoms with Crippen molar-refractivity contribution in [3.05, 3.63) is 84.4 Å². The zero-order chi connectivity index (χ0) is 23.8. The van der Waals surface area contributed by atoms with E-state index in [2.05, 4.69) is 16.4 Å². The van der Waals surface area contributed by atoms with Crippen LogP contribution in [0.3, 0.4) is 0 Å². The van der Waals surface area contributed by atoms with Gasteiger partial charge in [0.05, 0.1) is 23.2 Å². The van der Waals surface area contributed by atoms with E-state index in [1.807, 2.05) is 48.5 Å². The molecule has 3 aromatic carbocycles. The SMILES string of the molecule is CC(Nc1c(C#N)c(-c2ccc(-c3ccc4occc4c3)cc2)nc2ccc(F)cc12)C(=O)O. The minimum absolute atomic E-state index is 0.152. The molecule has 6 nitrogen and oxygen atoms in total. The van der Waals surface area contributed by atoms with Crippen LogP contribution in [0.2, 0.25) is 0 Å². The van der Waals surface area contributed by atoms with E-state index in [1.54, 1.807) is 6.26 Å². The molecular formula is C27H18FN3O3. The summed E-state index contributed by atoms with van der Waals surface area (Å²) in [6.07, 6.45) is 1.65. The van der Waals surface area contributed by atoms with E-state index in [0.717, 1.165) is 22.1 Å². The van der Waals surface area contributed by atoms with Crippen LogP contribution in [-0.2, 0) is 4.79 Å². The summed E-state index contributed by atoms with van der Waals surface area (Å²) in [4.78, 5) is 16.1. The van der Waals surface area contributed by atoms with E-state index in [1.165, 1.54) is 25.1 Å². The van der Waals surface area contributed by atoms with Crippen molar-refractivity contribution < 1.29 is 18.7 Å². The van der Waals surface area contributed by atoms with Gasteiger partial charge in [-0.2, -0.15) is 5.26 Å². The molecule has 5 rings (SSSR count). The van der Waals surface area contributed by atoms with Crippen molar-refractivity contribution in [1.29, 1.82) is 5.26 Å². The van der Waals surface area contributed by atoms with Crippen LogP contribution in [0.5, 0.6) is 0 Å². The lowest BCUT2D eigenvalue weighted by Gasteiger charge is -2.17. The minimum Gasteiger partial charge on any atom is -0.480 e. The number of nitrogens with one attached hydrogen (secondary N) is 1. The summed E-state index contributed by atoms with van der Waals surface area (Å²) in [7, 11) is 0. The highest BCUT2D eigenvalue weighted by Crippen LogP contribution is 2.35.